The molecule has 2 aromatic heterocycles. The van der Waals surface area contributed by atoms with Crippen molar-refractivity contribution < 1.29 is 14.5 Å². The number of hydrogen-bond donors (Lipinski definition) is 0. The Morgan fingerprint density at radius 3 is 2.44 bits per heavy atom. The van der Waals surface area contributed by atoms with Gasteiger partial charge in [0, 0.05) is 23.2 Å². The van der Waals surface area contributed by atoms with E-state index < -0.39 is 4.92 Å². The summed E-state index contributed by atoms with van der Waals surface area (Å²) in [5.74, 6) is -0.256. The van der Waals surface area contributed by atoms with Crippen molar-refractivity contribution in [3.63, 3.8) is 0 Å². The minimum atomic E-state index is -0.496. The zero-order valence-electron chi connectivity index (χ0n) is 16.7. The number of nitrogens with zero attached hydrogens (tertiary/aromatic N) is 5. The number of fused-ring (bicyclic) bond motifs is 6. The molecule has 2 aliphatic carbocycles. The van der Waals surface area contributed by atoms with Crippen LogP contribution >= 0.6 is 0 Å². The average Bonchev–Trinajstić information content (AvgIpc) is 3.56. The summed E-state index contributed by atoms with van der Waals surface area (Å²) in [6.07, 6.45) is 9.50. The van der Waals surface area contributed by atoms with E-state index in [2.05, 4.69) is 22.2 Å². The second kappa shape index (κ2) is 6.68. The first kappa shape index (κ1) is 18.6. The van der Waals surface area contributed by atoms with Crippen molar-refractivity contribution in [2.75, 3.05) is 0 Å². The summed E-state index contributed by atoms with van der Waals surface area (Å²) in [4.78, 5) is 40.4. The summed E-state index contributed by atoms with van der Waals surface area (Å²) in [5.41, 5.74) is 1.44. The number of nitro groups is 1. The van der Waals surface area contributed by atoms with Crippen molar-refractivity contribution in [1.29, 1.82) is 0 Å². The summed E-state index contributed by atoms with van der Waals surface area (Å²) in [6.45, 7) is 0. The SMILES string of the molecule is O=C1[C@@H]2[C@H](C(=O)N1N=Cc1cn(-c3ccc([N+](=O)[O-])cn3)c3ccccc13)[C@H]1C=C[C@H]2C1. The molecule has 1 aromatic carbocycles. The fourth-order valence-electron chi connectivity index (χ4n) is 5.25. The number of amides is 2. The lowest BCUT2D eigenvalue weighted by Crippen LogP contribution is -2.28. The molecule has 2 bridgehead atoms. The lowest BCUT2D eigenvalue weighted by Gasteiger charge is -2.13. The molecule has 158 valence electrons. The fraction of sp³-hybridized carbons (Fsp3) is 0.217. The second-order valence-electron chi connectivity index (χ2n) is 8.34. The molecule has 3 aliphatic rings. The quantitative estimate of drug-likeness (QED) is 0.209. The molecular formula is C23H17N5O4. The molecular weight excluding hydrogens is 410 g/mol. The summed E-state index contributed by atoms with van der Waals surface area (Å²) < 4.78 is 1.80. The third-order valence-corrected chi connectivity index (χ3v) is 6.69. The van der Waals surface area contributed by atoms with E-state index in [4.69, 9.17) is 0 Å². The van der Waals surface area contributed by atoms with Crippen LogP contribution in [0.2, 0.25) is 0 Å². The van der Waals surface area contributed by atoms with Crippen LogP contribution in [0.25, 0.3) is 16.7 Å². The van der Waals surface area contributed by atoms with Gasteiger partial charge < -0.3 is 4.57 Å². The number of carbonyl (C=O) groups is 2. The van der Waals surface area contributed by atoms with E-state index in [0.717, 1.165) is 22.3 Å². The van der Waals surface area contributed by atoms with Gasteiger partial charge in [-0.3, -0.25) is 19.7 Å². The maximum atomic E-state index is 12.9. The smallest absolute Gasteiger partial charge is 0.287 e. The summed E-state index contributed by atoms with van der Waals surface area (Å²) in [7, 11) is 0. The third kappa shape index (κ3) is 2.57. The van der Waals surface area contributed by atoms with E-state index in [-0.39, 0.29) is 41.2 Å². The molecule has 4 atom stereocenters. The number of carbonyl (C=O) groups excluding carboxylic acids is 2. The molecule has 2 fully saturated rings. The first-order valence-corrected chi connectivity index (χ1v) is 10.3. The largest absolute Gasteiger partial charge is 0.301 e. The topological polar surface area (TPSA) is 111 Å². The van der Waals surface area contributed by atoms with Crippen LogP contribution in [0.3, 0.4) is 0 Å². The Bertz CT molecular complexity index is 1330. The molecule has 2 amide bonds. The Morgan fingerprint density at radius 2 is 1.78 bits per heavy atom. The number of allylic oxidation sites excluding steroid dienone is 2. The van der Waals surface area contributed by atoms with Gasteiger partial charge in [0.1, 0.15) is 12.0 Å². The van der Waals surface area contributed by atoms with Crippen LogP contribution in [-0.2, 0) is 9.59 Å². The highest BCUT2D eigenvalue weighted by Crippen LogP contribution is 2.52. The molecule has 1 saturated heterocycles. The molecule has 0 spiro atoms. The number of hydrazone groups is 1. The van der Waals surface area contributed by atoms with Gasteiger partial charge in [-0.15, -0.1) is 0 Å². The van der Waals surface area contributed by atoms with E-state index in [0.29, 0.717) is 11.4 Å². The van der Waals surface area contributed by atoms with Gasteiger partial charge in [-0.25, -0.2) is 4.98 Å². The molecule has 0 unspecified atom stereocenters. The Balaban J connectivity index is 1.35. The summed E-state index contributed by atoms with van der Waals surface area (Å²) in [5, 5.41) is 17.1. The lowest BCUT2D eigenvalue weighted by molar-refractivity contribution is -0.385. The van der Waals surface area contributed by atoms with Crippen LogP contribution in [0.5, 0.6) is 0 Å². The number of imide groups is 1. The molecule has 1 saturated carbocycles. The zero-order valence-corrected chi connectivity index (χ0v) is 16.7. The van der Waals surface area contributed by atoms with Gasteiger partial charge in [0.05, 0.1) is 28.5 Å². The van der Waals surface area contributed by atoms with Crippen LogP contribution in [0.4, 0.5) is 5.69 Å². The van der Waals surface area contributed by atoms with E-state index in [1.165, 1.54) is 18.5 Å². The molecule has 0 radical (unpaired) electrons. The first-order chi connectivity index (χ1) is 15.5. The molecule has 9 nitrogen and oxygen atoms in total. The summed E-state index contributed by atoms with van der Waals surface area (Å²) >= 11 is 0. The van der Waals surface area contributed by atoms with Crippen LogP contribution in [0, 0.1) is 33.8 Å². The highest BCUT2D eigenvalue weighted by molar-refractivity contribution is 6.07. The Hall–Kier alpha value is -4.14. The number of aromatic nitrogens is 2. The summed E-state index contributed by atoms with van der Waals surface area (Å²) in [6, 6.07) is 10.5. The van der Waals surface area contributed by atoms with Gasteiger partial charge >= 0.3 is 0 Å². The minimum Gasteiger partial charge on any atom is -0.301 e. The molecule has 3 heterocycles. The van der Waals surface area contributed by atoms with Gasteiger partial charge in [-0.05, 0) is 30.4 Å². The molecule has 3 aromatic rings. The van der Waals surface area contributed by atoms with Gasteiger partial charge in [-0.2, -0.15) is 10.1 Å². The highest BCUT2D eigenvalue weighted by atomic mass is 16.6. The van der Waals surface area contributed by atoms with Crippen molar-refractivity contribution in [1.82, 2.24) is 14.6 Å². The Morgan fingerprint density at radius 1 is 1.06 bits per heavy atom. The van der Waals surface area contributed by atoms with Crippen molar-refractivity contribution in [3.8, 4) is 5.82 Å². The molecule has 9 heteroatoms. The van der Waals surface area contributed by atoms with Crippen molar-refractivity contribution in [2.45, 2.75) is 6.42 Å². The molecule has 6 rings (SSSR count). The van der Waals surface area contributed by atoms with Crippen molar-refractivity contribution in [3.05, 3.63) is 76.6 Å². The average molecular weight is 427 g/mol. The van der Waals surface area contributed by atoms with E-state index in [9.17, 15) is 19.7 Å². The Kier molecular flexibility index (Phi) is 3.89. The number of pyridine rings is 1. The predicted octanol–water partition coefficient (Wildman–Crippen LogP) is 3.07. The van der Waals surface area contributed by atoms with Crippen LogP contribution in [0.1, 0.15) is 12.0 Å². The minimum absolute atomic E-state index is 0.0907. The maximum Gasteiger partial charge on any atom is 0.287 e. The lowest BCUT2D eigenvalue weighted by atomic mass is 9.85. The normalized spacial score (nSPS) is 26.1. The van der Waals surface area contributed by atoms with Gasteiger partial charge in [-0.1, -0.05) is 30.4 Å². The molecule has 32 heavy (non-hydrogen) atoms. The van der Waals surface area contributed by atoms with Crippen LogP contribution in [0.15, 0.2) is 66.0 Å². The number of para-hydroxylation sites is 1. The van der Waals surface area contributed by atoms with Gasteiger partial charge in [0.25, 0.3) is 17.5 Å². The number of benzene rings is 1. The van der Waals surface area contributed by atoms with Gasteiger partial charge in [0.2, 0.25) is 0 Å². The predicted molar refractivity (Wildman–Crippen MR) is 115 cm³/mol. The maximum absolute atomic E-state index is 12.9. The molecule has 1 aliphatic heterocycles. The number of rotatable bonds is 4. The van der Waals surface area contributed by atoms with E-state index in [1.807, 2.05) is 24.3 Å². The highest BCUT2D eigenvalue weighted by Gasteiger charge is 2.59. The second-order valence-corrected chi connectivity index (χ2v) is 8.34. The van der Waals surface area contributed by atoms with E-state index >= 15 is 0 Å². The monoisotopic (exact) mass is 427 g/mol. The van der Waals surface area contributed by atoms with Gasteiger partial charge in [0.15, 0.2) is 0 Å². The van der Waals surface area contributed by atoms with Crippen LogP contribution < -0.4 is 0 Å². The fourth-order valence-corrected chi connectivity index (χ4v) is 5.25. The van der Waals surface area contributed by atoms with Crippen molar-refractivity contribution >= 4 is 34.6 Å². The number of hydrogen-bond acceptors (Lipinski definition) is 6. The Labute approximate surface area is 181 Å². The standard InChI is InChI=1S/C23H17N5O4/c29-22-20-13-5-6-14(9-13)21(20)23(30)27(22)25-10-15-12-26(18-4-2-1-3-17(15)18)19-8-7-16(11-24-19)28(31)32/h1-8,10-14,20-21H,9H2/t13-,14-,20-,21+/m0/s1. The third-order valence-electron chi connectivity index (χ3n) is 6.69. The van der Waals surface area contributed by atoms with E-state index in [1.54, 1.807) is 16.8 Å². The molecule has 0 N–H and O–H groups in total. The first-order valence-electron chi connectivity index (χ1n) is 10.3. The zero-order chi connectivity index (χ0) is 22.0. The van der Waals surface area contributed by atoms with Crippen LogP contribution in [-0.4, -0.2) is 37.5 Å². The van der Waals surface area contributed by atoms with Crippen molar-refractivity contribution in [2.24, 2.45) is 28.8 Å².